The van der Waals surface area contributed by atoms with Gasteiger partial charge in [0.1, 0.15) is 5.52 Å². The van der Waals surface area contributed by atoms with E-state index in [1.807, 2.05) is 30.3 Å². The van der Waals surface area contributed by atoms with Crippen LogP contribution in [-0.2, 0) is 14.6 Å². The second-order valence-corrected chi connectivity index (χ2v) is 8.54. The summed E-state index contributed by atoms with van der Waals surface area (Å²) in [5.41, 5.74) is 2.83. The van der Waals surface area contributed by atoms with Crippen LogP contribution in [0.2, 0.25) is 0 Å². The molecule has 0 saturated carbocycles. The van der Waals surface area contributed by atoms with Crippen LogP contribution >= 0.6 is 0 Å². The molecule has 2 heterocycles. The minimum atomic E-state index is -3.26. The maximum atomic E-state index is 12.0. The number of carboxylic acid groups (broad SMARTS) is 1. The molecule has 0 fully saturated rings. The molecule has 0 aliphatic heterocycles. The first-order valence-electron chi connectivity index (χ1n) is 8.86. The molecule has 7 nitrogen and oxygen atoms in total. The normalized spacial score (nSPS) is 11.2. The van der Waals surface area contributed by atoms with Crippen molar-refractivity contribution in [3.8, 4) is 11.1 Å². The lowest BCUT2D eigenvalue weighted by atomic mass is 10.0. The molecule has 0 atom stereocenters. The van der Waals surface area contributed by atoms with E-state index in [0.717, 1.165) is 27.4 Å². The van der Waals surface area contributed by atoms with Gasteiger partial charge in [0.2, 0.25) is 0 Å². The first-order valence-corrected chi connectivity index (χ1v) is 10.7. The number of hydrogen-bond donors (Lipinski definition) is 3. The van der Waals surface area contributed by atoms with Crippen molar-refractivity contribution in [1.29, 1.82) is 0 Å². The van der Waals surface area contributed by atoms with Crippen LogP contribution in [0.3, 0.4) is 0 Å². The van der Waals surface area contributed by atoms with Crippen LogP contribution in [0.25, 0.3) is 32.9 Å². The second-order valence-electron chi connectivity index (χ2n) is 6.53. The van der Waals surface area contributed by atoms with E-state index in [4.69, 9.17) is 5.11 Å². The molecule has 3 N–H and O–H groups in total. The molecule has 150 valence electrons. The van der Waals surface area contributed by atoms with Gasteiger partial charge < -0.3 is 15.1 Å². The SMILES string of the molecule is CCC(=O)O.CS(=O)(=O)c1cccc(-c2ccc3[nH]c(=O)c4[nH]ccc4c3c2)c1. The molecule has 0 radical (unpaired) electrons. The highest BCUT2D eigenvalue weighted by atomic mass is 32.2. The fourth-order valence-electron chi connectivity index (χ4n) is 2.93. The molecule has 8 heteroatoms. The number of aromatic nitrogens is 2. The zero-order valence-electron chi connectivity index (χ0n) is 15.9. The number of aliphatic carboxylic acids is 1. The Hall–Kier alpha value is -3.39. The van der Waals surface area contributed by atoms with Gasteiger partial charge in [-0.15, -0.1) is 0 Å². The number of carbonyl (C=O) groups is 1. The summed E-state index contributed by atoms with van der Waals surface area (Å²) < 4.78 is 23.5. The highest BCUT2D eigenvalue weighted by Crippen LogP contribution is 2.28. The van der Waals surface area contributed by atoms with Gasteiger partial charge in [-0.2, -0.15) is 0 Å². The van der Waals surface area contributed by atoms with Crippen molar-refractivity contribution in [1.82, 2.24) is 9.97 Å². The van der Waals surface area contributed by atoms with Crippen LogP contribution in [-0.4, -0.2) is 35.7 Å². The van der Waals surface area contributed by atoms with Crippen LogP contribution in [0.15, 0.2) is 64.4 Å². The molecule has 0 amide bonds. The molecule has 4 rings (SSSR count). The van der Waals surface area contributed by atoms with E-state index in [2.05, 4.69) is 9.97 Å². The summed E-state index contributed by atoms with van der Waals surface area (Å²) in [5.74, 6) is -0.745. The van der Waals surface area contributed by atoms with Gasteiger partial charge in [-0.3, -0.25) is 9.59 Å². The van der Waals surface area contributed by atoms with Crippen molar-refractivity contribution in [2.45, 2.75) is 18.2 Å². The average Bonchev–Trinajstić information content (AvgIpc) is 3.19. The highest BCUT2D eigenvalue weighted by molar-refractivity contribution is 7.90. The summed E-state index contributed by atoms with van der Waals surface area (Å²) in [4.78, 5) is 27.5. The summed E-state index contributed by atoms with van der Waals surface area (Å²) in [5, 5.41) is 9.47. The average molecular weight is 412 g/mol. The Labute approximate surface area is 166 Å². The second kappa shape index (κ2) is 7.92. The summed E-state index contributed by atoms with van der Waals surface area (Å²) >= 11 is 0. The Balaban J connectivity index is 0.000000431. The zero-order chi connectivity index (χ0) is 21.2. The van der Waals surface area contributed by atoms with Crippen LogP contribution < -0.4 is 5.56 Å². The predicted octanol–water partition coefficient (Wildman–Crippen LogP) is 3.56. The van der Waals surface area contributed by atoms with Crippen LogP contribution in [0.1, 0.15) is 13.3 Å². The van der Waals surface area contributed by atoms with E-state index in [1.54, 1.807) is 31.3 Å². The van der Waals surface area contributed by atoms with Crippen molar-refractivity contribution >= 4 is 37.6 Å². The first-order chi connectivity index (χ1) is 13.7. The summed E-state index contributed by atoms with van der Waals surface area (Å²) in [7, 11) is -3.26. The molecule has 0 saturated heterocycles. The number of hydrogen-bond acceptors (Lipinski definition) is 4. The Bertz CT molecular complexity index is 1370. The van der Waals surface area contributed by atoms with Gasteiger partial charge >= 0.3 is 5.97 Å². The van der Waals surface area contributed by atoms with E-state index in [-0.39, 0.29) is 16.9 Å². The number of sulfone groups is 1. The zero-order valence-corrected chi connectivity index (χ0v) is 16.7. The summed E-state index contributed by atoms with van der Waals surface area (Å²) in [6, 6.07) is 14.4. The molecule has 0 unspecified atom stereocenters. The molecular formula is C21H20N2O5S. The molecule has 0 aliphatic rings. The van der Waals surface area contributed by atoms with Crippen molar-refractivity contribution < 1.29 is 18.3 Å². The lowest BCUT2D eigenvalue weighted by molar-refractivity contribution is -0.136. The largest absolute Gasteiger partial charge is 0.481 e. The van der Waals surface area contributed by atoms with Gasteiger partial charge in [0.05, 0.1) is 4.90 Å². The van der Waals surface area contributed by atoms with Crippen LogP contribution in [0, 0.1) is 0 Å². The maximum Gasteiger partial charge on any atom is 0.303 e. The number of fused-ring (bicyclic) bond motifs is 3. The van der Waals surface area contributed by atoms with E-state index in [9.17, 15) is 18.0 Å². The number of aromatic amines is 2. The molecule has 29 heavy (non-hydrogen) atoms. The Morgan fingerprint density at radius 2 is 1.72 bits per heavy atom. The number of benzene rings is 2. The number of rotatable bonds is 3. The third-order valence-corrected chi connectivity index (χ3v) is 5.54. The lowest BCUT2D eigenvalue weighted by Gasteiger charge is -2.07. The van der Waals surface area contributed by atoms with E-state index in [1.165, 1.54) is 6.26 Å². The van der Waals surface area contributed by atoms with Crippen molar-refractivity contribution in [3.05, 3.63) is 65.1 Å². The maximum absolute atomic E-state index is 12.0. The van der Waals surface area contributed by atoms with Gasteiger partial charge in [0.25, 0.3) is 5.56 Å². The van der Waals surface area contributed by atoms with E-state index in [0.29, 0.717) is 5.52 Å². The van der Waals surface area contributed by atoms with Crippen molar-refractivity contribution in [3.63, 3.8) is 0 Å². The monoisotopic (exact) mass is 412 g/mol. The smallest absolute Gasteiger partial charge is 0.303 e. The van der Waals surface area contributed by atoms with Gasteiger partial charge in [-0.05, 0) is 41.5 Å². The number of H-pyrrole nitrogens is 2. The summed E-state index contributed by atoms with van der Waals surface area (Å²) in [6.07, 6.45) is 3.15. The highest BCUT2D eigenvalue weighted by Gasteiger charge is 2.10. The number of nitrogens with one attached hydrogen (secondary N) is 2. The molecule has 0 spiro atoms. The van der Waals surface area contributed by atoms with Gasteiger partial charge in [-0.25, -0.2) is 8.42 Å². The third kappa shape index (κ3) is 4.38. The van der Waals surface area contributed by atoms with Gasteiger partial charge in [-0.1, -0.05) is 25.1 Å². The molecule has 0 bridgehead atoms. The fourth-order valence-corrected chi connectivity index (χ4v) is 3.60. The lowest BCUT2D eigenvalue weighted by Crippen LogP contribution is -2.05. The third-order valence-electron chi connectivity index (χ3n) is 4.43. The molecule has 2 aromatic carbocycles. The van der Waals surface area contributed by atoms with Crippen LogP contribution in [0.5, 0.6) is 0 Å². The predicted molar refractivity (Wildman–Crippen MR) is 113 cm³/mol. The molecule has 2 aromatic heterocycles. The quantitative estimate of drug-likeness (QED) is 0.475. The van der Waals surface area contributed by atoms with Gasteiger partial charge in [0.15, 0.2) is 9.84 Å². The van der Waals surface area contributed by atoms with E-state index < -0.39 is 15.8 Å². The molecule has 4 aromatic rings. The number of pyridine rings is 1. The minimum Gasteiger partial charge on any atom is -0.481 e. The van der Waals surface area contributed by atoms with E-state index >= 15 is 0 Å². The topological polar surface area (TPSA) is 120 Å². The summed E-state index contributed by atoms with van der Waals surface area (Å²) in [6.45, 7) is 1.60. The van der Waals surface area contributed by atoms with Gasteiger partial charge in [0, 0.05) is 35.2 Å². The standard InChI is InChI=1S/C18H14N2O3S.C3H6O2/c1-24(22,23)13-4-2-3-11(9-13)12-5-6-16-15(10-12)14-7-8-19-17(14)18(21)20-16;1-2-3(4)5/h2-10,19H,1H3,(H,20,21);2H2,1H3,(H,4,5). The number of carboxylic acids is 1. The van der Waals surface area contributed by atoms with Crippen molar-refractivity contribution in [2.75, 3.05) is 6.26 Å². The molecule has 0 aliphatic carbocycles. The Morgan fingerprint density at radius 1 is 1.03 bits per heavy atom. The van der Waals surface area contributed by atoms with Crippen LogP contribution in [0.4, 0.5) is 0 Å². The fraction of sp³-hybridized carbons (Fsp3) is 0.143. The Morgan fingerprint density at radius 3 is 2.38 bits per heavy atom. The first kappa shape index (κ1) is 20.3. The minimum absolute atomic E-state index is 0.158. The van der Waals surface area contributed by atoms with Crippen molar-refractivity contribution in [2.24, 2.45) is 0 Å². The Kier molecular flexibility index (Phi) is 5.56. The molecular weight excluding hydrogens is 392 g/mol.